The zero-order valence-corrected chi connectivity index (χ0v) is 29.6. The van der Waals surface area contributed by atoms with Crippen molar-refractivity contribution in [3.05, 3.63) is 82.7 Å². The lowest BCUT2D eigenvalue weighted by atomic mass is 10.1. The van der Waals surface area contributed by atoms with E-state index in [9.17, 15) is 14.4 Å². The molecular weight excluding hydrogens is 678 g/mol. The van der Waals surface area contributed by atoms with E-state index < -0.39 is 11.9 Å². The number of carbonyl (C=O) groups is 3. The molecule has 1 amide bonds. The molecule has 2 aromatic carbocycles. The van der Waals surface area contributed by atoms with Crippen LogP contribution < -0.4 is 20.5 Å². The van der Waals surface area contributed by atoms with Crippen LogP contribution in [0.3, 0.4) is 0 Å². The summed E-state index contributed by atoms with van der Waals surface area (Å²) < 4.78 is 44.5. The first-order valence-corrected chi connectivity index (χ1v) is 16.8. The van der Waals surface area contributed by atoms with Gasteiger partial charge in [-0.05, 0) is 35.4 Å². The van der Waals surface area contributed by atoms with Crippen molar-refractivity contribution < 1.29 is 52.3 Å². The lowest BCUT2D eigenvalue weighted by Gasteiger charge is -2.22. The maximum atomic E-state index is 12.4. The number of guanidine groups is 1. The molecule has 16 nitrogen and oxygen atoms in total. The molecule has 4 rings (SSSR count). The third kappa shape index (κ3) is 13.3. The van der Waals surface area contributed by atoms with Crippen LogP contribution in [0.15, 0.2) is 59.7 Å². The van der Waals surface area contributed by atoms with Crippen LogP contribution in [0.5, 0.6) is 11.5 Å². The molecule has 0 fully saturated rings. The molecule has 4 N–H and O–H groups in total. The standard InChI is InChI=1S/C36H47N5O11/c1-45-34(43)28-22-31-32(23-29(28)35(44)46-2)52-21-19-50-17-15-48-13-11-41(10-12-47-14-16-49-18-20-51-31)25-27-7-5-26(6-8-27)24-39-36(37)40-33(42)30-4-3-9-38-30/h3-9,22-23,38H,10-21,24-25H2,1-2H3,(H3,37,39,40,42). The summed E-state index contributed by atoms with van der Waals surface area (Å²) in [6.07, 6.45) is 1.66. The van der Waals surface area contributed by atoms with Gasteiger partial charge in [-0.2, -0.15) is 0 Å². The smallest absolute Gasteiger partial charge is 0.338 e. The number of ether oxygens (including phenoxy) is 8. The van der Waals surface area contributed by atoms with E-state index in [-0.39, 0.29) is 60.9 Å². The molecule has 0 spiro atoms. The van der Waals surface area contributed by atoms with E-state index in [0.29, 0.717) is 71.5 Å². The molecule has 0 saturated carbocycles. The number of nitrogens with one attached hydrogen (secondary N) is 2. The van der Waals surface area contributed by atoms with Crippen molar-refractivity contribution in [2.45, 2.75) is 13.1 Å². The highest BCUT2D eigenvalue weighted by Gasteiger charge is 2.23. The largest absolute Gasteiger partial charge is 0.487 e. The molecule has 16 heteroatoms. The van der Waals surface area contributed by atoms with Crippen molar-refractivity contribution in [3.8, 4) is 11.5 Å². The number of carbonyl (C=O) groups excluding carboxylic acids is 3. The summed E-state index contributed by atoms with van der Waals surface area (Å²) >= 11 is 0. The van der Waals surface area contributed by atoms with Crippen LogP contribution in [0.2, 0.25) is 0 Å². The number of nitrogens with two attached hydrogens (primary N) is 1. The fourth-order valence-electron chi connectivity index (χ4n) is 4.94. The lowest BCUT2D eigenvalue weighted by molar-refractivity contribution is 0.0172. The fourth-order valence-corrected chi connectivity index (χ4v) is 4.94. The number of hydrogen-bond donors (Lipinski definition) is 3. The summed E-state index contributed by atoms with van der Waals surface area (Å²) in [7, 11) is 2.44. The van der Waals surface area contributed by atoms with Crippen molar-refractivity contribution in [2.24, 2.45) is 10.7 Å². The van der Waals surface area contributed by atoms with Crippen molar-refractivity contribution in [3.63, 3.8) is 0 Å². The lowest BCUT2D eigenvalue weighted by Crippen LogP contribution is -2.37. The number of benzene rings is 2. The molecule has 282 valence electrons. The number of H-pyrrole nitrogens is 1. The van der Waals surface area contributed by atoms with Crippen molar-refractivity contribution in [1.29, 1.82) is 0 Å². The molecule has 2 heterocycles. The van der Waals surface area contributed by atoms with Crippen LogP contribution in [0.4, 0.5) is 0 Å². The molecule has 3 aromatic rings. The highest BCUT2D eigenvalue weighted by molar-refractivity contribution is 6.04. The molecule has 0 aliphatic carbocycles. The van der Waals surface area contributed by atoms with Crippen LogP contribution in [-0.2, 0) is 41.5 Å². The van der Waals surface area contributed by atoms with Crippen molar-refractivity contribution >= 4 is 23.8 Å². The van der Waals surface area contributed by atoms with E-state index in [4.69, 9.17) is 43.6 Å². The summed E-state index contributed by atoms with van der Waals surface area (Å²) in [5.74, 6) is -1.27. The van der Waals surface area contributed by atoms with Gasteiger partial charge in [-0.3, -0.25) is 15.0 Å². The predicted molar refractivity (Wildman–Crippen MR) is 189 cm³/mol. The first kappa shape index (κ1) is 39.8. The second kappa shape index (κ2) is 22.0. The van der Waals surface area contributed by atoms with Gasteiger partial charge in [-0.1, -0.05) is 24.3 Å². The molecule has 0 atom stereocenters. The Morgan fingerprint density at radius 2 is 1.25 bits per heavy atom. The van der Waals surface area contributed by atoms with E-state index in [2.05, 4.69) is 20.2 Å². The Balaban J connectivity index is 1.28. The predicted octanol–water partition coefficient (Wildman–Crippen LogP) is 2.17. The number of hydrogen-bond acceptors (Lipinski definition) is 13. The molecule has 1 aromatic heterocycles. The Hall–Kier alpha value is -5.00. The normalized spacial score (nSPS) is 16.2. The molecule has 1 aliphatic rings. The van der Waals surface area contributed by atoms with Gasteiger partial charge in [0.1, 0.15) is 18.9 Å². The molecule has 0 bridgehead atoms. The second-order valence-corrected chi connectivity index (χ2v) is 11.3. The minimum Gasteiger partial charge on any atom is -0.487 e. The van der Waals surface area contributed by atoms with Crippen LogP contribution in [0, 0.1) is 0 Å². The van der Waals surface area contributed by atoms with Gasteiger partial charge in [-0.15, -0.1) is 0 Å². The minimum absolute atomic E-state index is 0.0147. The van der Waals surface area contributed by atoms with E-state index >= 15 is 0 Å². The zero-order chi connectivity index (χ0) is 37.0. The number of nitrogens with zero attached hydrogens (tertiary/aromatic N) is 2. The number of fused-ring (bicyclic) bond motifs is 1. The molecule has 52 heavy (non-hydrogen) atoms. The van der Waals surface area contributed by atoms with Gasteiger partial charge >= 0.3 is 11.9 Å². The Bertz CT molecular complexity index is 1520. The monoisotopic (exact) mass is 725 g/mol. The summed E-state index contributed by atoms with van der Waals surface area (Å²) in [5, 5.41) is 2.57. The maximum absolute atomic E-state index is 12.4. The van der Waals surface area contributed by atoms with Gasteiger partial charge in [0.15, 0.2) is 17.5 Å². The summed E-state index contributed by atoms with van der Waals surface area (Å²) in [6.45, 7) is 5.63. The van der Waals surface area contributed by atoms with Gasteiger partial charge in [0, 0.05) is 25.8 Å². The number of aliphatic imine (C=N–C) groups is 1. The van der Waals surface area contributed by atoms with Gasteiger partial charge in [0.25, 0.3) is 5.91 Å². The number of amides is 1. The Kier molecular flexibility index (Phi) is 16.9. The number of aromatic amines is 1. The Labute approximate surface area is 302 Å². The van der Waals surface area contributed by atoms with E-state index in [1.807, 2.05) is 24.3 Å². The number of aromatic nitrogens is 1. The zero-order valence-electron chi connectivity index (χ0n) is 29.6. The van der Waals surface area contributed by atoms with Gasteiger partial charge in [0.2, 0.25) is 0 Å². The van der Waals surface area contributed by atoms with E-state index in [1.54, 1.807) is 18.3 Å². The third-order valence-corrected chi connectivity index (χ3v) is 7.66. The topological polar surface area (TPSA) is 194 Å². The summed E-state index contributed by atoms with van der Waals surface area (Å²) in [6, 6.07) is 14.2. The molecular formula is C36H47N5O11. The number of methoxy groups -OCH3 is 2. The van der Waals surface area contributed by atoms with Crippen LogP contribution in [0.1, 0.15) is 42.3 Å². The quantitative estimate of drug-likeness (QED) is 0.182. The Morgan fingerprint density at radius 3 is 1.75 bits per heavy atom. The molecule has 0 unspecified atom stereocenters. The second-order valence-electron chi connectivity index (χ2n) is 11.3. The average Bonchev–Trinajstić information content (AvgIpc) is 3.71. The number of esters is 2. The fraction of sp³-hybridized carbons (Fsp3) is 0.444. The van der Waals surface area contributed by atoms with Crippen molar-refractivity contribution in [1.82, 2.24) is 15.2 Å². The first-order chi connectivity index (χ1) is 25.4. The molecule has 0 radical (unpaired) electrons. The Morgan fingerprint density at radius 1 is 0.750 bits per heavy atom. The summed E-state index contributed by atoms with van der Waals surface area (Å²) in [4.78, 5) is 46.3. The number of rotatable bonds is 7. The van der Waals surface area contributed by atoms with E-state index in [0.717, 1.165) is 11.1 Å². The van der Waals surface area contributed by atoms with Gasteiger partial charge in [0.05, 0.1) is 84.7 Å². The van der Waals surface area contributed by atoms with Gasteiger partial charge in [-0.25, -0.2) is 14.6 Å². The minimum atomic E-state index is -0.720. The first-order valence-electron chi connectivity index (χ1n) is 16.8. The van der Waals surface area contributed by atoms with Crippen LogP contribution in [0.25, 0.3) is 0 Å². The SMILES string of the molecule is COC(=O)c1cc2c(cc1C(=O)OC)OCCOCCOCCN(Cc1ccc(CN=C(N)NC(=O)c3ccc[nH]3)cc1)CCOCCOCCO2. The van der Waals surface area contributed by atoms with Crippen LogP contribution >= 0.6 is 0 Å². The maximum Gasteiger partial charge on any atom is 0.338 e. The van der Waals surface area contributed by atoms with Crippen LogP contribution in [-0.4, -0.2) is 127 Å². The molecule has 0 saturated heterocycles. The highest BCUT2D eigenvalue weighted by Crippen LogP contribution is 2.32. The van der Waals surface area contributed by atoms with Gasteiger partial charge < -0.3 is 48.6 Å². The summed E-state index contributed by atoms with van der Waals surface area (Å²) in [5.41, 5.74) is 8.33. The molecule has 1 aliphatic heterocycles. The third-order valence-electron chi connectivity index (χ3n) is 7.66. The highest BCUT2D eigenvalue weighted by atomic mass is 16.6. The van der Waals surface area contributed by atoms with E-state index in [1.165, 1.54) is 26.4 Å². The average molecular weight is 726 g/mol. The van der Waals surface area contributed by atoms with Crippen molar-refractivity contribution in [2.75, 3.05) is 93.4 Å².